The van der Waals surface area contributed by atoms with Gasteiger partial charge in [0.2, 0.25) is 0 Å². The average molecular weight is 363 g/mol. The van der Waals surface area contributed by atoms with E-state index in [1.54, 1.807) is 13.0 Å². The molecule has 3 nitrogen and oxygen atoms in total. The fraction of sp³-hybridized carbons (Fsp3) is 0.524. The predicted octanol–water partition coefficient (Wildman–Crippen LogP) is 5.39. The van der Waals surface area contributed by atoms with E-state index in [0.29, 0.717) is 17.9 Å². The highest BCUT2D eigenvalue weighted by Gasteiger charge is 2.40. The Hall–Kier alpha value is -1.61. The molecule has 0 spiro atoms. The topological polar surface area (TPSA) is 43.4 Å². The van der Waals surface area contributed by atoms with Crippen molar-refractivity contribution in [3.05, 3.63) is 40.9 Å². The fourth-order valence-electron chi connectivity index (χ4n) is 3.16. The summed E-state index contributed by atoms with van der Waals surface area (Å²) in [5.41, 5.74) is 0.739. The van der Waals surface area contributed by atoms with E-state index in [-0.39, 0.29) is 11.9 Å². The molecule has 1 atom stereocenters. The summed E-state index contributed by atoms with van der Waals surface area (Å²) in [5.74, 6) is -0.558. The number of ether oxygens (including phenoxy) is 1. The molecule has 0 N–H and O–H groups in total. The zero-order valence-electron chi connectivity index (χ0n) is 15.1. The number of benzene rings is 1. The van der Waals surface area contributed by atoms with E-state index >= 15 is 0 Å². The van der Waals surface area contributed by atoms with Crippen LogP contribution in [0.25, 0.3) is 6.08 Å². The van der Waals surface area contributed by atoms with E-state index in [1.807, 2.05) is 18.2 Å². The van der Waals surface area contributed by atoms with Gasteiger partial charge in [-0.25, -0.2) is 0 Å². The first-order valence-electron chi connectivity index (χ1n) is 9.00. The van der Waals surface area contributed by atoms with Crippen molar-refractivity contribution in [3.8, 4) is 0 Å². The molecule has 0 amide bonds. The van der Waals surface area contributed by atoms with E-state index < -0.39 is 11.4 Å². The average Bonchev–Trinajstić information content (AvgIpc) is 2.60. The number of carbonyl (C=O) groups excluding carboxylic acids is 2. The van der Waals surface area contributed by atoms with Gasteiger partial charge in [-0.2, -0.15) is 0 Å². The highest BCUT2D eigenvalue weighted by Crippen LogP contribution is 2.31. The van der Waals surface area contributed by atoms with Crippen LogP contribution in [0.3, 0.4) is 0 Å². The van der Waals surface area contributed by atoms with E-state index in [1.165, 1.54) is 13.3 Å². The van der Waals surface area contributed by atoms with E-state index in [4.69, 9.17) is 16.3 Å². The normalized spacial score (nSPS) is 17.6. The third-order valence-electron chi connectivity index (χ3n) is 5.26. The SMILES string of the molecule is C=Cc1ccc(CCC(C)(C(C)=O)C(=O)OC2CCCCC2)c(Cl)c1. The zero-order chi connectivity index (χ0) is 18.4. The van der Waals surface area contributed by atoms with Crippen LogP contribution >= 0.6 is 11.6 Å². The first-order valence-corrected chi connectivity index (χ1v) is 9.37. The van der Waals surface area contributed by atoms with Crippen LogP contribution < -0.4 is 0 Å². The van der Waals surface area contributed by atoms with Gasteiger partial charge in [-0.1, -0.05) is 42.8 Å². The van der Waals surface area contributed by atoms with Crippen molar-refractivity contribution in [2.75, 3.05) is 0 Å². The monoisotopic (exact) mass is 362 g/mol. The molecular weight excluding hydrogens is 336 g/mol. The van der Waals surface area contributed by atoms with Gasteiger partial charge < -0.3 is 4.74 Å². The molecule has 1 aliphatic carbocycles. The standard InChI is InChI=1S/C21H27ClO3/c1-4-16-10-11-17(19(22)14-16)12-13-21(3,15(2)23)20(24)25-18-8-6-5-7-9-18/h4,10-11,14,18H,1,5-9,12-13H2,2-3H3. The summed E-state index contributed by atoms with van der Waals surface area (Å²) in [6.45, 7) is 6.87. The largest absolute Gasteiger partial charge is 0.462 e. The second kappa shape index (κ2) is 8.66. The molecular formula is C21H27ClO3. The Bertz CT molecular complexity index is 647. The number of ketones is 1. The molecule has 1 aromatic carbocycles. The molecule has 0 heterocycles. The minimum atomic E-state index is -1.13. The number of aryl methyl sites for hydroxylation is 1. The van der Waals surface area contributed by atoms with Gasteiger partial charge in [0.05, 0.1) is 0 Å². The molecule has 0 radical (unpaired) electrons. The van der Waals surface area contributed by atoms with Crippen molar-refractivity contribution in [1.29, 1.82) is 0 Å². The number of carbonyl (C=O) groups is 2. The molecule has 25 heavy (non-hydrogen) atoms. The fourth-order valence-corrected chi connectivity index (χ4v) is 3.45. The lowest BCUT2D eigenvalue weighted by Gasteiger charge is -2.29. The van der Waals surface area contributed by atoms with Crippen molar-refractivity contribution >= 4 is 29.4 Å². The van der Waals surface area contributed by atoms with Crippen molar-refractivity contribution in [3.63, 3.8) is 0 Å². The number of hydrogen-bond donors (Lipinski definition) is 0. The molecule has 0 saturated heterocycles. The number of halogens is 1. The zero-order valence-corrected chi connectivity index (χ0v) is 15.9. The Morgan fingerprint density at radius 3 is 2.56 bits per heavy atom. The molecule has 136 valence electrons. The lowest BCUT2D eigenvalue weighted by molar-refractivity contribution is -0.165. The van der Waals surface area contributed by atoms with Gasteiger partial charge in [0, 0.05) is 5.02 Å². The van der Waals surface area contributed by atoms with Crippen LogP contribution in [0.1, 0.15) is 63.5 Å². The van der Waals surface area contributed by atoms with Gasteiger partial charge in [-0.3, -0.25) is 9.59 Å². The van der Waals surface area contributed by atoms with Gasteiger partial charge in [-0.15, -0.1) is 0 Å². The van der Waals surface area contributed by atoms with Gasteiger partial charge in [0.1, 0.15) is 17.3 Å². The highest BCUT2D eigenvalue weighted by atomic mass is 35.5. The summed E-state index contributed by atoms with van der Waals surface area (Å²) in [7, 11) is 0. The molecule has 1 aromatic rings. The maximum atomic E-state index is 12.7. The van der Waals surface area contributed by atoms with Gasteiger partial charge in [0.25, 0.3) is 0 Å². The second-order valence-corrected chi connectivity index (χ2v) is 7.52. The Kier molecular flexibility index (Phi) is 6.83. The highest BCUT2D eigenvalue weighted by molar-refractivity contribution is 6.31. The molecule has 1 saturated carbocycles. The van der Waals surface area contributed by atoms with Crippen LogP contribution in [-0.4, -0.2) is 17.9 Å². The first-order chi connectivity index (χ1) is 11.9. The molecule has 1 fully saturated rings. The van der Waals surface area contributed by atoms with Gasteiger partial charge in [-0.05, 0) is 69.6 Å². The molecule has 2 rings (SSSR count). The molecule has 0 aromatic heterocycles. The predicted molar refractivity (Wildman–Crippen MR) is 102 cm³/mol. The third kappa shape index (κ3) is 4.94. The van der Waals surface area contributed by atoms with Crippen LogP contribution in [0.4, 0.5) is 0 Å². The minimum absolute atomic E-state index is 0.0459. The summed E-state index contributed by atoms with van der Waals surface area (Å²) in [5, 5.41) is 0.629. The third-order valence-corrected chi connectivity index (χ3v) is 5.61. The Balaban J connectivity index is 2.06. The lowest BCUT2D eigenvalue weighted by atomic mass is 9.80. The van der Waals surface area contributed by atoms with Gasteiger partial charge in [0.15, 0.2) is 0 Å². The van der Waals surface area contributed by atoms with E-state index in [2.05, 4.69) is 6.58 Å². The Morgan fingerprint density at radius 2 is 2.00 bits per heavy atom. The summed E-state index contributed by atoms with van der Waals surface area (Å²) in [4.78, 5) is 24.9. The lowest BCUT2D eigenvalue weighted by Crippen LogP contribution is -2.39. The molecule has 1 aliphatic rings. The van der Waals surface area contributed by atoms with Crippen LogP contribution in [0.2, 0.25) is 5.02 Å². The van der Waals surface area contributed by atoms with Crippen LogP contribution in [0.5, 0.6) is 0 Å². The maximum Gasteiger partial charge on any atom is 0.319 e. The smallest absolute Gasteiger partial charge is 0.319 e. The van der Waals surface area contributed by atoms with E-state index in [0.717, 1.165) is 36.8 Å². The van der Waals surface area contributed by atoms with Crippen molar-refractivity contribution in [1.82, 2.24) is 0 Å². The number of rotatable bonds is 7. The summed E-state index contributed by atoms with van der Waals surface area (Å²) >= 11 is 6.30. The molecule has 1 unspecified atom stereocenters. The number of esters is 1. The molecule has 0 bridgehead atoms. The molecule has 4 heteroatoms. The first kappa shape index (κ1) is 19.7. The minimum Gasteiger partial charge on any atom is -0.462 e. The van der Waals surface area contributed by atoms with Crippen molar-refractivity contribution in [2.24, 2.45) is 5.41 Å². The maximum absolute atomic E-state index is 12.7. The second-order valence-electron chi connectivity index (χ2n) is 7.11. The Labute approximate surface area is 155 Å². The van der Waals surface area contributed by atoms with Crippen molar-refractivity contribution < 1.29 is 14.3 Å². The van der Waals surface area contributed by atoms with Crippen LogP contribution in [0, 0.1) is 5.41 Å². The summed E-state index contributed by atoms with van der Waals surface area (Å²) in [6.07, 6.45) is 7.78. The van der Waals surface area contributed by atoms with Crippen LogP contribution in [0.15, 0.2) is 24.8 Å². The van der Waals surface area contributed by atoms with Crippen LogP contribution in [-0.2, 0) is 20.7 Å². The van der Waals surface area contributed by atoms with Crippen molar-refractivity contribution in [2.45, 2.75) is 64.9 Å². The summed E-state index contributed by atoms with van der Waals surface area (Å²) in [6, 6.07) is 5.70. The number of hydrogen-bond acceptors (Lipinski definition) is 3. The Morgan fingerprint density at radius 1 is 1.32 bits per heavy atom. The molecule has 0 aliphatic heterocycles. The van der Waals surface area contributed by atoms with Gasteiger partial charge >= 0.3 is 5.97 Å². The number of Topliss-reactive ketones (excluding diaryl/α,β-unsaturated/α-hetero) is 1. The quantitative estimate of drug-likeness (QED) is 0.482. The summed E-state index contributed by atoms with van der Waals surface area (Å²) < 4.78 is 5.67. The van der Waals surface area contributed by atoms with E-state index in [9.17, 15) is 9.59 Å².